The van der Waals surface area contributed by atoms with Gasteiger partial charge in [0.15, 0.2) is 6.61 Å². The van der Waals surface area contributed by atoms with Crippen molar-refractivity contribution in [2.24, 2.45) is 5.73 Å². The molecule has 6 heteroatoms. The number of amides is 2. The van der Waals surface area contributed by atoms with Crippen molar-refractivity contribution in [1.29, 1.82) is 0 Å². The molecule has 3 rings (SSSR count). The number of anilines is 1. The molecular weight excluding hydrogens is 344 g/mol. The Hall–Kier alpha value is -3.80. The van der Waals surface area contributed by atoms with E-state index >= 15 is 0 Å². The zero-order valence-electron chi connectivity index (χ0n) is 14.4. The van der Waals surface area contributed by atoms with Crippen molar-refractivity contribution in [3.63, 3.8) is 0 Å². The van der Waals surface area contributed by atoms with Gasteiger partial charge in [-0.2, -0.15) is 0 Å². The Morgan fingerprint density at radius 2 is 1.37 bits per heavy atom. The van der Waals surface area contributed by atoms with Crippen LogP contribution < -0.4 is 20.5 Å². The summed E-state index contributed by atoms with van der Waals surface area (Å²) in [6.07, 6.45) is 0. The topological polar surface area (TPSA) is 90.7 Å². The second kappa shape index (κ2) is 8.53. The monoisotopic (exact) mass is 362 g/mol. The third-order valence-corrected chi connectivity index (χ3v) is 3.63. The minimum Gasteiger partial charge on any atom is -0.484 e. The molecule has 3 N–H and O–H groups in total. The van der Waals surface area contributed by atoms with Gasteiger partial charge in [-0.15, -0.1) is 0 Å². The normalized spacial score (nSPS) is 10.1. The van der Waals surface area contributed by atoms with Crippen LogP contribution in [0.2, 0.25) is 0 Å². The number of carbonyl (C=O) groups is 2. The zero-order chi connectivity index (χ0) is 19.1. The van der Waals surface area contributed by atoms with Crippen LogP contribution in [-0.2, 0) is 4.79 Å². The number of para-hydroxylation sites is 1. The molecule has 0 spiro atoms. The maximum atomic E-state index is 12.0. The lowest BCUT2D eigenvalue weighted by molar-refractivity contribution is -0.118. The quantitative estimate of drug-likeness (QED) is 0.672. The largest absolute Gasteiger partial charge is 0.484 e. The summed E-state index contributed by atoms with van der Waals surface area (Å²) in [5.41, 5.74) is 6.11. The fraction of sp³-hybridized carbons (Fsp3) is 0.0476. The lowest BCUT2D eigenvalue weighted by Gasteiger charge is -2.09. The van der Waals surface area contributed by atoms with Gasteiger partial charge in [0.2, 0.25) is 5.91 Å². The first kappa shape index (κ1) is 18.0. The van der Waals surface area contributed by atoms with Gasteiger partial charge in [0.25, 0.3) is 5.91 Å². The van der Waals surface area contributed by atoms with E-state index in [1.807, 2.05) is 30.3 Å². The number of benzene rings is 3. The summed E-state index contributed by atoms with van der Waals surface area (Å²) in [6, 6.07) is 22.7. The lowest BCUT2D eigenvalue weighted by Crippen LogP contribution is -2.20. The van der Waals surface area contributed by atoms with Crippen LogP contribution in [-0.4, -0.2) is 18.4 Å². The van der Waals surface area contributed by atoms with Gasteiger partial charge in [-0.3, -0.25) is 9.59 Å². The number of carbonyl (C=O) groups excluding carboxylic acids is 2. The Kier molecular flexibility index (Phi) is 5.69. The predicted octanol–water partition coefficient (Wildman–Crippen LogP) is 3.60. The lowest BCUT2D eigenvalue weighted by atomic mass is 10.2. The van der Waals surface area contributed by atoms with E-state index in [2.05, 4.69) is 5.32 Å². The van der Waals surface area contributed by atoms with Crippen LogP contribution in [0.1, 0.15) is 10.4 Å². The summed E-state index contributed by atoms with van der Waals surface area (Å²) < 4.78 is 11.2. The fourth-order valence-corrected chi connectivity index (χ4v) is 2.29. The molecular formula is C21H18N2O4. The number of primary amides is 1. The van der Waals surface area contributed by atoms with Crippen LogP contribution in [0.3, 0.4) is 0 Å². The van der Waals surface area contributed by atoms with Crippen LogP contribution in [0.15, 0.2) is 78.9 Å². The maximum Gasteiger partial charge on any atom is 0.262 e. The molecule has 27 heavy (non-hydrogen) atoms. The third kappa shape index (κ3) is 5.34. The summed E-state index contributed by atoms with van der Waals surface area (Å²) >= 11 is 0. The first-order valence-corrected chi connectivity index (χ1v) is 8.25. The minimum absolute atomic E-state index is 0.142. The van der Waals surface area contributed by atoms with Crippen molar-refractivity contribution >= 4 is 17.5 Å². The molecule has 0 fully saturated rings. The Labute approximate surface area is 156 Å². The molecule has 0 aliphatic carbocycles. The van der Waals surface area contributed by atoms with E-state index in [-0.39, 0.29) is 12.5 Å². The molecule has 0 aliphatic rings. The van der Waals surface area contributed by atoms with Crippen LogP contribution >= 0.6 is 0 Å². The molecule has 0 heterocycles. The van der Waals surface area contributed by atoms with Gasteiger partial charge in [-0.25, -0.2) is 0 Å². The third-order valence-electron chi connectivity index (χ3n) is 3.63. The van der Waals surface area contributed by atoms with Crippen LogP contribution in [0.25, 0.3) is 0 Å². The Bertz CT molecular complexity index is 907. The molecule has 0 saturated carbocycles. The van der Waals surface area contributed by atoms with Gasteiger partial charge in [0, 0.05) is 11.3 Å². The van der Waals surface area contributed by atoms with E-state index in [4.69, 9.17) is 15.2 Å². The molecule has 3 aromatic carbocycles. The van der Waals surface area contributed by atoms with Crippen molar-refractivity contribution in [3.05, 3.63) is 84.4 Å². The number of rotatable bonds is 7. The van der Waals surface area contributed by atoms with Crippen LogP contribution in [0, 0.1) is 0 Å². The smallest absolute Gasteiger partial charge is 0.262 e. The summed E-state index contributed by atoms with van der Waals surface area (Å²) in [4.78, 5) is 23.0. The first-order chi connectivity index (χ1) is 13.1. The number of hydrogen-bond donors (Lipinski definition) is 2. The van der Waals surface area contributed by atoms with Gasteiger partial charge in [0.05, 0.1) is 0 Å². The highest BCUT2D eigenvalue weighted by Crippen LogP contribution is 2.23. The van der Waals surface area contributed by atoms with Gasteiger partial charge in [-0.05, 0) is 60.7 Å². The van der Waals surface area contributed by atoms with E-state index in [1.54, 1.807) is 48.5 Å². The number of ether oxygens (including phenoxy) is 2. The summed E-state index contributed by atoms with van der Waals surface area (Å²) in [6.45, 7) is -0.142. The SMILES string of the molecule is NC(=O)c1ccc(NC(=O)COc2ccc(Oc3ccccc3)cc2)cc1. The second-order valence-corrected chi connectivity index (χ2v) is 5.66. The summed E-state index contributed by atoms with van der Waals surface area (Å²) in [5, 5.41) is 2.68. The number of nitrogens with one attached hydrogen (secondary N) is 1. The molecule has 0 bridgehead atoms. The molecule has 6 nitrogen and oxygen atoms in total. The number of nitrogens with two attached hydrogens (primary N) is 1. The van der Waals surface area contributed by atoms with Crippen molar-refractivity contribution in [2.45, 2.75) is 0 Å². The van der Waals surface area contributed by atoms with Crippen molar-refractivity contribution in [2.75, 3.05) is 11.9 Å². The molecule has 3 aromatic rings. The van der Waals surface area contributed by atoms with Crippen molar-refractivity contribution in [1.82, 2.24) is 0 Å². The highest BCUT2D eigenvalue weighted by Gasteiger charge is 2.06. The minimum atomic E-state index is -0.518. The fourth-order valence-electron chi connectivity index (χ4n) is 2.29. The highest BCUT2D eigenvalue weighted by molar-refractivity contribution is 5.95. The van der Waals surface area contributed by atoms with Gasteiger partial charge < -0.3 is 20.5 Å². The molecule has 0 unspecified atom stereocenters. The zero-order valence-corrected chi connectivity index (χ0v) is 14.4. The van der Waals surface area contributed by atoms with Gasteiger partial charge in [0.1, 0.15) is 17.2 Å². The average Bonchev–Trinajstić information content (AvgIpc) is 2.69. The molecule has 2 amide bonds. The molecule has 0 aromatic heterocycles. The molecule has 0 saturated heterocycles. The standard InChI is InChI=1S/C21H18N2O4/c22-21(25)15-6-8-16(9-7-15)23-20(24)14-26-17-10-12-19(13-11-17)27-18-4-2-1-3-5-18/h1-13H,14H2,(H2,22,25)(H,23,24). The van der Waals surface area contributed by atoms with E-state index in [0.717, 1.165) is 5.75 Å². The van der Waals surface area contributed by atoms with Crippen molar-refractivity contribution < 1.29 is 19.1 Å². The Morgan fingerprint density at radius 3 is 2.00 bits per heavy atom. The first-order valence-electron chi connectivity index (χ1n) is 8.25. The summed E-state index contributed by atoms with van der Waals surface area (Å²) in [5.74, 6) is 1.14. The second-order valence-electron chi connectivity index (χ2n) is 5.66. The highest BCUT2D eigenvalue weighted by atomic mass is 16.5. The summed E-state index contributed by atoms with van der Waals surface area (Å²) in [7, 11) is 0. The van der Waals surface area contributed by atoms with E-state index in [0.29, 0.717) is 22.7 Å². The Balaban J connectivity index is 1.49. The molecule has 0 radical (unpaired) electrons. The molecule has 0 aliphatic heterocycles. The Morgan fingerprint density at radius 1 is 0.778 bits per heavy atom. The van der Waals surface area contributed by atoms with Crippen LogP contribution in [0.4, 0.5) is 5.69 Å². The average molecular weight is 362 g/mol. The predicted molar refractivity (Wildman–Crippen MR) is 102 cm³/mol. The number of hydrogen-bond acceptors (Lipinski definition) is 4. The molecule has 0 atom stereocenters. The van der Waals surface area contributed by atoms with Gasteiger partial charge >= 0.3 is 0 Å². The van der Waals surface area contributed by atoms with Crippen LogP contribution in [0.5, 0.6) is 17.2 Å². The van der Waals surface area contributed by atoms with E-state index in [1.165, 1.54) is 0 Å². The maximum absolute atomic E-state index is 12.0. The van der Waals surface area contributed by atoms with Gasteiger partial charge in [-0.1, -0.05) is 18.2 Å². The van der Waals surface area contributed by atoms with Crippen molar-refractivity contribution in [3.8, 4) is 17.2 Å². The van der Waals surface area contributed by atoms with E-state index in [9.17, 15) is 9.59 Å². The van der Waals surface area contributed by atoms with E-state index < -0.39 is 5.91 Å². The molecule has 136 valence electrons.